The molecule has 2 aromatic rings. The number of hydrogen-bond acceptors (Lipinski definition) is 8. The molecule has 2 aromatic heterocycles. The molecular formula is C15H19F3N6O2. The first kappa shape index (κ1) is 19.8. The lowest BCUT2D eigenvalue weighted by Gasteiger charge is -2.12. The molecule has 26 heavy (non-hydrogen) atoms. The average molecular weight is 372 g/mol. The molecule has 0 aliphatic rings. The van der Waals surface area contributed by atoms with Crippen molar-refractivity contribution in [3.8, 4) is 11.5 Å². The number of aromatic nitrogens is 4. The highest BCUT2D eigenvalue weighted by Gasteiger charge is 2.32. The first-order valence-corrected chi connectivity index (χ1v) is 7.79. The van der Waals surface area contributed by atoms with Crippen molar-refractivity contribution in [3.63, 3.8) is 0 Å². The Bertz CT molecular complexity index is 709. The quantitative estimate of drug-likeness (QED) is 0.578. The Labute approximate surface area is 147 Å². The van der Waals surface area contributed by atoms with E-state index in [9.17, 15) is 23.4 Å². The van der Waals surface area contributed by atoms with Crippen LogP contribution in [0.4, 0.5) is 25.1 Å². The fourth-order valence-corrected chi connectivity index (χ4v) is 1.84. The molecule has 0 spiro atoms. The van der Waals surface area contributed by atoms with Crippen LogP contribution in [-0.4, -0.2) is 55.4 Å². The fourth-order valence-electron chi connectivity index (χ4n) is 1.84. The molecule has 0 aliphatic heterocycles. The van der Waals surface area contributed by atoms with Crippen LogP contribution in [-0.2, 0) is 6.18 Å². The molecule has 0 radical (unpaired) electrons. The number of aliphatic hydroxyl groups is 2. The van der Waals surface area contributed by atoms with Crippen molar-refractivity contribution in [2.45, 2.75) is 32.2 Å². The van der Waals surface area contributed by atoms with Gasteiger partial charge in [0.25, 0.3) is 0 Å². The second-order valence-electron chi connectivity index (χ2n) is 5.67. The highest BCUT2D eigenvalue weighted by molar-refractivity contribution is 5.54. The first-order chi connectivity index (χ1) is 12.1. The summed E-state index contributed by atoms with van der Waals surface area (Å²) in [6, 6.07) is 3.41. The van der Waals surface area contributed by atoms with Crippen molar-refractivity contribution in [2.24, 2.45) is 0 Å². The summed E-state index contributed by atoms with van der Waals surface area (Å²) in [4.78, 5) is 15.7. The van der Waals surface area contributed by atoms with E-state index in [0.29, 0.717) is 0 Å². The molecule has 2 unspecified atom stereocenters. The van der Waals surface area contributed by atoms with Crippen LogP contribution < -0.4 is 10.6 Å². The summed E-state index contributed by atoms with van der Waals surface area (Å²) >= 11 is 0. The van der Waals surface area contributed by atoms with Crippen molar-refractivity contribution in [3.05, 3.63) is 23.9 Å². The minimum absolute atomic E-state index is 0.0585. The van der Waals surface area contributed by atoms with Crippen LogP contribution in [0.1, 0.15) is 19.5 Å². The maximum atomic E-state index is 12.9. The Morgan fingerprint density at radius 2 is 1.46 bits per heavy atom. The Balaban J connectivity index is 2.39. The number of aliphatic hydroxyl groups excluding tert-OH is 2. The maximum Gasteiger partial charge on any atom is 0.433 e. The van der Waals surface area contributed by atoms with Crippen LogP contribution in [0.3, 0.4) is 0 Å². The minimum Gasteiger partial charge on any atom is -0.392 e. The van der Waals surface area contributed by atoms with Crippen molar-refractivity contribution in [1.82, 2.24) is 19.9 Å². The van der Waals surface area contributed by atoms with Crippen molar-refractivity contribution < 1.29 is 23.4 Å². The maximum absolute atomic E-state index is 12.9. The topological polar surface area (TPSA) is 116 Å². The van der Waals surface area contributed by atoms with Gasteiger partial charge in [-0.3, -0.25) is 0 Å². The molecule has 11 heteroatoms. The number of alkyl halides is 3. The molecular weight excluding hydrogens is 353 g/mol. The van der Waals surface area contributed by atoms with E-state index in [1.165, 1.54) is 12.1 Å². The van der Waals surface area contributed by atoms with E-state index in [1.54, 1.807) is 13.8 Å². The average Bonchev–Trinajstić information content (AvgIpc) is 2.57. The van der Waals surface area contributed by atoms with Gasteiger partial charge in [0.15, 0.2) is 5.82 Å². The van der Waals surface area contributed by atoms with Crippen LogP contribution in [0.15, 0.2) is 18.2 Å². The first-order valence-electron chi connectivity index (χ1n) is 7.79. The molecule has 2 atom stereocenters. The van der Waals surface area contributed by atoms with E-state index in [4.69, 9.17) is 0 Å². The van der Waals surface area contributed by atoms with E-state index in [-0.39, 0.29) is 36.5 Å². The van der Waals surface area contributed by atoms with Gasteiger partial charge in [-0.1, -0.05) is 6.07 Å². The van der Waals surface area contributed by atoms with E-state index in [1.807, 2.05) is 0 Å². The molecule has 4 N–H and O–H groups in total. The molecule has 2 rings (SSSR count). The highest BCUT2D eigenvalue weighted by Crippen LogP contribution is 2.29. The fraction of sp³-hybridized carbons (Fsp3) is 0.467. The number of hydrogen-bond donors (Lipinski definition) is 4. The summed E-state index contributed by atoms with van der Waals surface area (Å²) in [7, 11) is 0. The largest absolute Gasteiger partial charge is 0.433 e. The molecule has 0 aliphatic carbocycles. The smallest absolute Gasteiger partial charge is 0.392 e. The summed E-state index contributed by atoms with van der Waals surface area (Å²) < 4.78 is 38.6. The Morgan fingerprint density at radius 1 is 0.923 bits per heavy atom. The Hall–Kier alpha value is -2.53. The molecule has 0 fully saturated rings. The number of nitrogens with zero attached hydrogens (tertiary/aromatic N) is 4. The minimum atomic E-state index is -4.59. The van der Waals surface area contributed by atoms with Crippen LogP contribution in [0.2, 0.25) is 0 Å². The number of rotatable bonds is 7. The van der Waals surface area contributed by atoms with Crippen LogP contribution >= 0.6 is 0 Å². The third-order valence-corrected chi connectivity index (χ3v) is 3.02. The monoisotopic (exact) mass is 372 g/mol. The molecule has 0 saturated heterocycles. The van der Waals surface area contributed by atoms with E-state index < -0.39 is 24.1 Å². The highest BCUT2D eigenvalue weighted by atomic mass is 19.4. The number of anilines is 2. The molecule has 0 amide bonds. The van der Waals surface area contributed by atoms with Crippen molar-refractivity contribution >= 4 is 11.9 Å². The van der Waals surface area contributed by atoms with Crippen molar-refractivity contribution in [1.29, 1.82) is 0 Å². The molecule has 142 valence electrons. The van der Waals surface area contributed by atoms with E-state index in [0.717, 1.165) is 6.07 Å². The SMILES string of the molecule is CC(O)CNc1nc(NCC(C)O)nc(-c2cccc(C(F)(F)F)n2)n1. The summed E-state index contributed by atoms with van der Waals surface area (Å²) in [6.45, 7) is 3.37. The number of halogens is 3. The second kappa shape index (κ2) is 8.23. The molecule has 2 heterocycles. The van der Waals surface area contributed by atoms with Gasteiger partial charge in [0.05, 0.1) is 12.2 Å². The van der Waals surface area contributed by atoms with Gasteiger partial charge in [0.1, 0.15) is 11.4 Å². The van der Waals surface area contributed by atoms with Crippen LogP contribution in [0.5, 0.6) is 0 Å². The van der Waals surface area contributed by atoms with Gasteiger partial charge in [-0.2, -0.15) is 28.1 Å². The van der Waals surface area contributed by atoms with Gasteiger partial charge < -0.3 is 20.8 Å². The predicted molar refractivity (Wildman–Crippen MR) is 88.4 cm³/mol. The zero-order valence-corrected chi connectivity index (χ0v) is 14.1. The van der Waals surface area contributed by atoms with E-state index in [2.05, 4.69) is 30.6 Å². The van der Waals surface area contributed by atoms with Gasteiger partial charge in [-0.15, -0.1) is 0 Å². The molecule has 0 aromatic carbocycles. The van der Waals surface area contributed by atoms with Gasteiger partial charge in [0, 0.05) is 13.1 Å². The lowest BCUT2D eigenvalue weighted by atomic mass is 10.3. The summed E-state index contributed by atoms with van der Waals surface area (Å²) in [5, 5.41) is 24.2. The lowest BCUT2D eigenvalue weighted by molar-refractivity contribution is -0.141. The second-order valence-corrected chi connectivity index (χ2v) is 5.67. The Kier molecular flexibility index (Phi) is 6.27. The molecule has 0 saturated carbocycles. The van der Waals surface area contributed by atoms with E-state index >= 15 is 0 Å². The summed E-state index contributed by atoms with van der Waals surface area (Å²) in [5.41, 5.74) is -1.14. The standard InChI is InChI=1S/C15H19F3N6O2/c1-8(25)6-19-13-22-12(23-14(24-13)20-7-9(2)26)10-4-3-5-11(21-10)15(16,17)18/h3-5,8-9,25-26H,6-7H2,1-2H3,(H2,19,20,22,23,24). The number of pyridine rings is 1. The van der Waals surface area contributed by atoms with Crippen molar-refractivity contribution in [2.75, 3.05) is 23.7 Å². The number of nitrogens with one attached hydrogen (secondary N) is 2. The normalized spacial score (nSPS) is 14.0. The van der Waals surface area contributed by atoms with Gasteiger partial charge in [0.2, 0.25) is 11.9 Å². The van der Waals surface area contributed by atoms with Gasteiger partial charge in [-0.25, -0.2) is 4.98 Å². The van der Waals surface area contributed by atoms with Gasteiger partial charge >= 0.3 is 6.18 Å². The summed E-state index contributed by atoms with van der Waals surface area (Å²) in [6.07, 6.45) is -5.96. The molecule has 0 bridgehead atoms. The zero-order valence-electron chi connectivity index (χ0n) is 14.1. The Morgan fingerprint density at radius 3 is 1.92 bits per heavy atom. The van der Waals surface area contributed by atoms with Gasteiger partial charge in [-0.05, 0) is 26.0 Å². The van der Waals surface area contributed by atoms with Crippen LogP contribution in [0, 0.1) is 0 Å². The predicted octanol–water partition coefficient (Wildman–Crippen LogP) is 1.54. The van der Waals surface area contributed by atoms with Crippen LogP contribution in [0.25, 0.3) is 11.5 Å². The zero-order chi connectivity index (χ0) is 19.3. The third kappa shape index (κ3) is 5.77. The summed E-state index contributed by atoms with van der Waals surface area (Å²) in [5.74, 6) is 0.0405. The third-order valence-electron chi connectivity index (χ3n) is 3.02. The lowest BCUT2D eigenvalue weighted by Crippen LogP contribution is -2.20. The molecule has 8 nitrogen and oxygen atoms in total.